The predicted octanol–water partition coefficient (Wildman–Crippen LogP) is 4.64. The number of hydrogen-bond acceptors (Lipinski definition) is 3. The van der Waals surface area contributed by atoms with E-state index in [-0.39, 0.29) is 11.8 Å². The molecule has 2 N–H and O–H groups in total. The lowest BCUT2D eigenvalue weighted by Gasteiger charge is -2.10. The van der Waals surface area contributed by atoms with Gasteiger partial charge in [-0.3, -0.25) is 9.59 Å². The van der Waals surface area contributed by atoms with Gasteiger partial charge in [0.05, 0.1) is 11.6 Å². The molecule has 6 heteroatoms. The molecule has 0 aliphatic heterocycles. The number of rotatable bonds is 6. The fourth-order valence-electron chi connectivity index (χ4n) is 2.63. The van der Waals surface area contributed by atoms with Gasteiger partial charge in [0.15, 0.2) is 0 Å². The zero-order valence-electron chi connectivity index (χ0n) is 15.2. The SMILES string of the molecule is COc1ccc(C(=O)Nc2cccc(C(=O)NCc3ccccc3)c2)cc1Br. The third-order valence-corrected chi connectivity index (χ3v) is 4.71. The van der Waals surface area contributed by atoms with E-state index in [0.29, 0.717) is 33.6 Å². The summed E-state index contributed by atoms with van der Waals surface area (Å²) in [6.07, 6.45) is 0. The zero-order valence-corrected chi connectivity index (χ0v) is 16.8. The van der Waals surface area contributed by atoms with Gasteiger partial charge in [-0.05, 0) is 57.9 Å². The zero-order chi connectivity index (χ0) is 19.9. The molecule has 0 heterocycles. The largest absolute Gasteiger partial charge is 0.496 e. The van der Waals surface area contributed by atoms with Crippen LogP contribution in [-0.4, -0.2) is 18.9 Å². The number of hydrogen-bond donors (Lipinski definition) is 2. The van der Waals surface area contributed by atoms with Crippen molar-refractivity contribution in [3.05, 3.63) is 94.0 Å². The molecule has 3 rings (SSSR count). The maximum Gasteiger partial charge on any atom is 0.255 e. The van der Waals surface area contributed by atoms with Crippen molar-refractivity contribution in [2.45, 2.75) is 6.54 Å². The van der Waals surface area contributed by atoms with Crippen molar-refractivity contribution in [2.75, 3.05) is 12.4 Å². The summed E-state index contributed by atoms with van der Waals surface area (Å²) in [5.41, 5.74) is 2.52. The van der Waals surface area contributed by atoms with E-state index < -0.39 is 0 Å². The highest BCUT2D eigenvalue weighted by atomic mass is 79.9. The Morgan fingerprint density at radius 1 is 0.893 bits per heavy atom. The number of ether oxygens (including phenoxy) is 1. The molecule has 0 bridgehead atoms. The molecule has 0 saturated heterocycles. The van der Waals surface area contributed by atoms with E-state index >= 15 is 0 Å². The Labute approximate surface area is 171 Å². The smallest absolute Gasteiger partial charge is 0.255 e. The van der Waals surface area contributed by atoms with Crippen LogP contribution in [0.5, 0.6) is 5.75 Å². The lowest BCUT2D eigenvalue weighted by molar-refractivity contribution is 0.0949. The third kappa shape index (κ3) is 4.98. The van der Waals surface area contributed by atoms with Gasteiger partial charge in [-0.25, -0.2) is 0 Å². The second kappa shape index (κ2) is 9.19. The number of methoxy groups -OCH3 is 1. The van der Waals surface area contributed by atoms with Gasteiger partial charge in [0.2, 0.25) is 0 Å². The standard InChI is InChI=1S/C22H19BrN2O3/c1-28-20-11-10-17(13-19(20)23)22(27)25-18-9-5-8-16(12-18)21(26)24-14-15-6-3-2-4-7-15/h2-13H,14H2,1H3,(H,24,26)(H,25,27). The van der Waals surface area contributed by atoms with Gasteiger partial charge in [0.25, 0.3) is 11.8 Å². The lowest BCUT2D eigenvalue weighted by atomic mass is 10.1. The van der Waals surface area contributed by atoms with Crippen LogP contribution in [0, 0.1) is 0 Å². The first-order valence-corrected chi connectivity index (χ1v) is 9.43. The highest BCUT2D eigenvalue weighted by molar-refractivity contribution is 9.10. The molecule has 3 aromatic carbocycles. The molecule has 3 aromatic rings. The first kappa shape index (κ1) is 19.6. The van der Waals surface area contributed by atoms with E-state index in [1.807, 2.05) is 30.3 Å². The summed E-state index contributed by atoms with van der Waals surface area (Å²) >= 11 is 3.37. The maximum atomic E-state index is 12.5. The summed E-state index contributed by atoms with van der Waals surface area (Å²) in [4.78, 5) is 24.9. The molecule has 0 unspecified atom stereocenters. The van der Waals surface area contributed by atoms with Gasteiger partial charge in [-0.15, -0.1) is 0 Å². The van der Waals surface area contributed by atoms with Gasteiger partial charge >= 0.3 is 0 Å². The van der Waals surface area contributed by atoms with E-state index in [2.05, 4.69) is 26.6 Å². The van der Waals surface area contributed by atoms with Gasteiger partial charge in [0, 0.05) is 23.4 Å². The van der Waals surface area contributed by atoms with Gasteiger partial charge in [-0.2, -0.15) is 0 Å². The van der Waals surface area contributed by atoms with E-state index in [0.717, 1.165) is 5.56 Å². The average Bonchev–Trinajstić information content (AvgIpc) is 2.73. The fourth-order valence-corrected chi connectivity index (χ4v) is 3.17. The van der Waals surface area contributed by atoms with Crippen LogP contribution in [0.4, 0.5) is 5.69 Å². The van der Waals surface area contributed by atoms with Gasteiger partial charge < -0.3 is 15.4 Å². The van der Waals surface area contributed by atoms with E-state index in [4.69, 9.17) is 4.74 Å². The fraction of sp³-hybridized carbons (Fsp3) is 0.0909. The summed E-state index contributed by atoms with van der Waals surface area (Å²) in [5, 5.41) is 5.69. The molecule has 2 amide bonds. The van der Waals surface area contributed by atoms with Crippen molar-refractivity contribution in [1.29, 1.82) is 0 Å². The second-order valence-electron chi connectivity index (χ2n) is 6.05. The monoisotopic (exact) mass is 438 g/mol. The number of benzene rings is 3. The van der Waals surface area contributed by atoms with Crippen molar-refractivity contribution < 1.29 is 14.3 Å². The molecule has 142 valence electrons. The Balaban J connectivity index is 1.66. The molecule has 0 spiro atoms. The summed E-state index contributed by atoms with van der Waals surface area (Å²) in [5.74, 6) is 0.172. The number of anilines is 1. The minimum Gasteiger partial charge on any atom is -0.496 e. The van der Waals surface area contributed by atoms with Crippen LogP contribution in [0.1, 0.15) is 26.3 Å². The topological polar surface area (TPSA) is 67.4 Å². The molecular formula is C22H19BrN2O3. The van der Waals surface area contributed by atoms with Crippen LogP contribution in [0.3, 0.4) is 0 Å². The van der Waals surface area contributed by atoms with Gasteiger partial charge in [-0.1, -0.05) is 36.4 Å². The van der Waals surface area contributed by atoms with Crippen LogP contribution in [-0.2, 0) is 6.54 Å². The molecule has 28 heavy (non-hydrogen) atoms. The Morgan fingerprint density at radius 2 is 1.64 bits per heavy atom. The molecule has 0 fully saturated rings. The molecule has 0 aliphatic carbocycles. The number of carbonyl (C=O) groups is 2. The van der Waals surface area contributed by atoms with Crippen molar-refractivity contribution in [3.63, 3.8) is 0 Å². The number of amides is 2. The van der Waals surface area contributed by atoms with Crippen molar-refractivity contribution in [1.82, 2.24) is 5.32 Å². The molecular weight excluding hydrogens is 420 g/mol. The van der Waals surface area contributed by atoms with Crippen LogP contribution >= 0.6 is 15.9 Å². The van der Waals surface area contributed by atoms with Crippen molar-refractivity contribution >= 4 is 33.4 Å². The molecule has 5 nitrogen and oxygen atoms in total. The molecule has 0 saturated carbocycles. The Kier molecular flexibility index (Phi) is 6.45. The summed E-state index contributed by atoms with van der Waals surface area (Å²) in [6, 6.07) is 21.6. The predicted molar refractivity (Wildman–Crippen MR) is 113 cm³/mol. The maximum absolute atomic E-state index is 12.5. The minimum atomic E-state index is -0.273. The van der Waals surface area contributed by atoms with Crippen LogP contribution in [0.2, 0.25) is 0 Å². The average molecular weight is 439 g/mol. The highest BCUT2D eigenvalue weighted by Gasteiger charge is 2.11. The van der Waals surface area contributed by atoms with E-state index in [1.165, 1.54) is 0 Å². The Bertz CT molecular complexity index is 990. The second-order valence-corrected chi connectivity index (χ2v) is 6.91. The number of carbonyl (C=O) groups excluding carboxylic acids is 2. The van der Waals surface area contributed by atoms with Crippen LogP contribution in [0.15, 0.2) is 77.3 Å². The Morgan fingerprint density at radius 3 is 2.36 bits per heavy atom. The van der Waals surface area contributed by atoms with E-state index in [9.17, 15) is 9.59 Å². The molecule has 0 atom stereocenters. The lowest BCUT2D eigenvalue weighted by Crippen LogP contribution is -2.23. The summed E-state index contributed by atoms with van der Waals surface area (Å²) in [6.45, 7) is 0.441. The number of halogens is 1. The van der Waals surface area contributed by atoms with Crippen LogP contribution < -0.4 is 15.4 Å². The van der Waals surface area contributed by atoms with Gasteiger partial charge in [0.1, 0.15) is 5.75 Å². The highest BCUT2D eigenvalue weighted by Crippen LogP contribution is 2.26. The van der Waals surface area contributed by atoms with E-state index in [1.54, 1.807) is 49.6 Å². The first-order chi connectivity index (χ1) is 13.6. The molecule has 0 radical (unpaired) electrons. The molecule has 0 aromatic heterocycles. The first-order valence-electron chi connectivity index (χ1n) is 8.64. The summed E-state index contributed by atoms with van der Waals surface area (Å²) in [7, 11) is 1.56. The third-order valence-electron chi connectivity index (χ3n) is 4.09. The van der Waals surface area contributed by atoms with Crippen molar-refractivity contribution in [2.24, 2.45) is 0 Å². The summed E-state index contributed by atoms with van der Waals surface area (Å²) < 4.78 is 5.86. The normalized spacial score (nSPS) is 10.2. The quantitative estimate of drug-likeness (QED) is 0.588. The number of nitrogens with one attached hydrogen (secondary N) is 2. The van der Waals surface area contributed by atoms with Crippen LogP contribution in [0.25, 0.3) is 0 Å². The molecule has 0 aliphatic rings. The van der Waals surface area contributed by atoms with Crippen molar-refractivity contribution in [3.8, 4) is 5.75 Å². The Hall–Kier alpha value is -3.12. The minimum absolute atomic E-state index is 0.202.